The zero-order chi connectivity index (χ0) is 9.86. The lowest BCUT2D eigenvalue weighted by molar-refractivity contribution is 0.419. The van der Waals surface area contributed by atoms with Crippen LogP contribution >= 0.6 is 23.5 Å². The van der Waals surface area contributed by atoms with Crippen molar-refractivity contribution >= 4 is 23.5 Å². The van der Waals surface area contributed by atoms with E-state index in [0.29, 0.717) is 5.25 Å². The maximum atomic E-state index is 8.68. The summed E-state index contributed by atoms with van der Waals surface area (Å²) in [6.07, 6.45) is 6.11. The van der Waals surface area contributed by atoms with Gasteiger partial charge in [0.2, 0.25) is 0 Å². The van der Waals surface area contributed by atoms with Gasteiger partial charge in [-0.2, -0.15) is 11.8 Å². The van der Waals surface area contributed by atoms with Crippen LogP contribution in [0.4, 0.5) is 0 Å². The third kappa shape index (κ3) is 2.00. The number of thioether (sulfide) groups is 2. The van der Waals surface area contributed by atoms with Gasteiger partial charge in [-0.05, 0) is 36.3 Å². The third-order valence-corrected chi connectivity index (χ3v) is 6.19. The predicted molar refractivity (Wildman–Crippen MR) is 63.7 cm³/mol. The summed E-state index contributed by atoms with van der Waals surface area (Å²) in [7, 11) is 0. The number of nitrogens with zero attached hydrogens (tertiary/aromatic N) is 3. The fourth-order valence-corrected chi connectivity index (χ4v) is 5.50. The van der Waals surface area contributed by atoms with Gasteiger partial charge >= 0.3 is 0 Å². The van der Waals surface area contributed by atoms with Gasteiger partial charge in [0, 0.05) is 10.2 Å². The molecule has 1 saturated heterocycles. The van der Waals surface area contributed by atoms with Gasteiger partial charge in [0.05, 0.1) is 0 Å². The van der Waals surface area contributed by atoms with Crippen molar-refractivity contribution in [2.75, 3.05) is 11.5 Å². The average Bonchev–Trinajstić information content (AvgIpc) is 2.40. The smallest absolute Gasteiger partial charge is 0.106 e. The Kier molecular flexibility index (Phi) is 3.52. The largest absolute Gasteiger partial charge is 0.157 e. The van der Waals surface area contributed by atoms with E-state index in [4.69, 9.17) is 5.53 Å². The monoisotopic (exact) mass is 229 g/mol. The molecule has 1 saturated carbocycles. The van der Waals surface area contributed by atoms with Crippen molar-refractivity contribution < 1.29 is 0 Å². The molecular formula is C9H15N3S2. The molecule has 1 aliphatic carbocycles. The SMILES string of the molecule is [N-]=[N+]=N[C@@]12CCCC[C@@H]1SCCCS2. The lowest BCUT2D eigenvalue weighted by atomic mass is 9.95. The number of fused-ring (bicyclic) bond motifs is 1. The number of hydrogen-bond acceptors (Lipinski definition) is 3. The fourth-order valence-electron chi connectivity index (χ4n) is 2.23. The van der Waals surface area contributed by atoms with Crippen LogP contribution in [0.2, 0.25) is 0 Å². The molecule has 2 rings (SSSR count). The number of hydrogen-bond donors (Lipinski definition) is 0. The lowest BCUT2D eigenvalue weighted by Crippen LogP contribution is -2.37. The van der Waals surface area contributed by atoms with Crippen LogP contribution in [0, 0.1) is 0 Å². The van der Waals surface area contributed by atoms with E-state index >= 15 is 0 Å². The molecule has 2 aliphatic rings. The van der Waals surface area contributed by atoms with E-state index < -0.39 is 0 Å². The van der Waals surface area contributed by atoms with E-state index in [1.54, 1.807) is 0 Å². The summed E-state index contributed by atoms with van der Waals surface area (Å²) < 4.78 is 0. The van der Waals surface area contributed by atoms with Gasteiger partial charge in [0.25, 0.3) is 0 Å². The van der Waals surface area contributed by atoms with Crippen molar-refractivity contribution in [3.63, 3.8) is 0 Å². The summed E-state index contributed by atoms with van der Waals surface area (Å²) in [6.45, 7) is 0. The van der Waals surface area contributed by atoms with Crippen LogP contribution < -0.4 is 0 Å². The van der Waals surface area contributed by atoms with Crippen LogP contribution in [0.25, 0.3) is 10.4 Å². The highest BCUT2D eigenvalue weighted by Crippen LogP contribution is 2.49. The summed E-state index contributed by atoms with van der Waals surface area (Å²) in [4.78, 5) is 2.96. The Balaban J connectivity index is 2.22. The van der Waals surface area contributed by atoms with Crippen molar-refractivity contribution in [3.05, 3.63) is 10.4 Å². The van der Waals surface area contributed by atoms with Gasteiger partial charge in [-0.3, -0.25) is 0 Å². The van der Waals surface area contributed by atoms with E-state index in [1.165, 1.54) is 31.4 Å². The second-order valence-electron chi connectivity index (χ2n) is 3.84. The molecule has 0 aromatic rings. The van der Waals surface area contributed by atoms with E-state index in [0.717, 1.165) is 12.2 Å². The zero-order valence-corrected chi connectivity index (χ0v) is 9.82. The molecule has 14 heavy (non-hydrogen) atoms. The Labute approximate surface area is 93.0 Å². The minimum atomic E-state index is -0.103. The molecular weight excluding hydrogens is 214 g/mol. The molecule has 0 aromatic heterocycles. The van der Waals surface area contributed by atoms with Crippen molar-refractivity contribution in [1.82, 2.24) is 0 Å². The normalized spacial score (nSPS) is 37.9. The second-order valence-corrected chi connectivity index (χ2v) is 6.56. The molecule has 0 spiro atoms. The summed E-state index contributed by atoms with van der Waals surface area (Å²) >= 11 is 3.92. The lowest BCUT2D eigenvalue weighted by Gasteiger charge is -2.38. The molecule has 0 radical (unpaired) electrons. The Morgan fingerprint density at radius 1 is 1.29 bits per heavy atom. The molecule has 0 unspecified atom stereocenters. The van der Waals surface area contributed by atoms with E-state index in [9.17, 15) is 0 Å². The van der Waals surface area contributed by atoms with E-state index in [1.807, 2.05) is 23.5 Å². The molecule has 1 heterocycles. The Bertz CT molecular complexity index is 252. The van der Waals surface area contributed by atoms with Gasteiger partial charge in [0.1, 0.15) is 4.87 Å². The van der Waals surface area contributed by atoms with E-state index in [-0.39, 0.29) is 4.87 Å². The first-order valence-electron chi connectivity index (χ1n) is 5.19. The molecule has 5 heteroatoms. The van der Waals surface area contributed by atoms with Crippen LogP contribution in [-0.4, -0.2) is 21.6 Å². The minimum Gasteiger partial charge on any atom is -0.157 e. The highest BCUT2D eigenvalue weighted by molar-refractivity contribution is 8.04. The Morgan fingerprint density at radius 3 is 3.07 bits per heavy atom. The highest BCUT2D eigenvalue weighted by Gasteiger charge is 2.41. The van der Waals surface area contributed by atoms with Gasteiger partial charge in [-0.1, -0.05) is 18.0 Å². The molecule has 78 valence electrons. The van der Waals surface area contributed by atoms with Crippen LogP contribution in [0.1, 0.15) is 32.1 Å². The van der Waals surface area contributed by atoms with Gasteiger partial charge in [0.15, 0.2) is 0 Å². The number of azide groups is 1. The van der Waals surface area contributed by atoms with Gasteiger partial charge in [-0.15, -0.1) is 11.8 Å². The third-order valence-electron chi connectivity index (χ3n) is 2.93. The van der Waals surface area contributed by atoms with Crippen molar-refractivity contribution in [2.24, 2.45) is 5.11 Å². The Morgan fingerprint density at radius 2 is 2.21 bits per heavy atom. The van der Waals surface area contributed by atoms with Crippen LogP contribution in [0.3, 0.4) is 0 Å². The van der Waals surface area contributed by atoms with Crippen LogP contribution in [0.5, 0.6) is 0 Å². The minimum absolute atomic E-state index is 0.103. The quantitative estimate of drug-likeness (QED) is 0.390. The number of rotatable bonds is 1. The topological polar surface area (TPSA) is 48.8 Å². The Hall–Kier alpha value is 0.0100. The molecule has 0 aromatic carbocycles. The summed E-state index contributed by atoms with van der Waals surface area (Å²) in [5.41, 5.74) is 8.68. The second kappa shape index (κ2) is 4.69. The molecule has 2 fully saturated rings. The average molecular weight is 229 g/mol. The summed E-state index contributed by atoms with van der Waals surface area (Å²) in [6, 6.07) is 0. The molecule has 0 N–H and O–H groups in total. The van der Waals surface area contributed by atoms with Crippen LogP contribution in [0.15, 0.2) is 5.11 Å². The highest BCUT2D eigenvalue weighted by atomic mass is 32.2. The van der Waals surface area contributed by atoms with Gasteiger partial charge < -0.3 is 0 Å². The molecule has 0 amide bonds. The molecule has 2 atom stereocenters. The first-order valence-corrected chi connectivity index (χ1v) is 7.23. The maximum Gasteiger partial charge on any atom is 0.106 e. The standard InChI is InChI=1S/C9H15N3S2/c10-12-11-9-5-2-1-4-8(9)13-6-3-7-14-9/h8H,1-7H2/t8-,9+/m0/s1. The van der Waals surface area contributed by atoms with Crippen molar-refractivity contribution in [1.29, 1.82) is 0 Å². The van der Waals surface area contributed by atoms with E-state index in [2.05, 4.69) is 10.0 Å². The maximum absolute atomic E-state index is 8.68. The van der Waals surface area contributed by atoms with Crippen molar-refractivity contribution in [2.45, 2.75) is 42.2 Å². The molecule has 3 nitrogen and oxygen atoms in total. The fraction of sp³-hybridized carbons (Fsp3) is 1.00. The summed E-state index contributed by atoms with van der Waals surface area (Å²) in [5, 5.41) is 4.69. The van der Waals surface area contributed by atoms with Crippen LogP contribution in [-0.2, 0) is 0 Å². The first-order chi connectivity index (χ1) is 6.87. The zero-order valence-electron chi connectivity index (χ0n) is 8.19. The summed E-state index contributed by atoms with van der Waals surface area (Å²) in [5.74, 6) is 2.39. The van der Waals surface area contributed by atoms with Gasteiger partial charge in [-0.25, -0.2) is 0 Å². The first kappa shape index (κ1) is 10.5. The molecule has 1 aliphatic heterocycles. The molecule has 0 bridgehead atoms. The van der Waals surface area contributed by atoms with Crippen molar-refractivity contribution in [3.8, 4) is 0 Å². The predicted octanol–water partition coefficient (Wildman–Crippen LogP) is 3.81.